The molecule has 1 heterocycles. The summed E-state index contributed by atoms with van der Waals surface area (Å²) in [4.78, 5) is 0. The van der Waals surface area contributed by atoms with Gasteiger partial charge in [-0.2, -0.15) is 0 Å². The van der Waals surface area contributed by atoms with Gasteiger partial charge in [-0.1, -0.05) is 36.4 Å². The zero-order valence-corrected chi connectivity index (χ0v) is 13.7. The van der Waals surface area contributed by atoms with Crippen molar-refractivity contribution in [3.8, 4) is 5.75 Å². The average Bonchev–Trinajstić information content (AvgIpc) is 2.68. The van der Waals surface area contributed by atoms with E-state index in [1.165, 1.54) is 0 Å². The largest absolute Gasteiger partial charge is 0.508 e. The summed E-state index contributed by atoms with van der Waals surface area (Å²) in [6.07, 6.45) is 7.17. The first-order chi connectivity index (χ1) is 10.3. The minimum absolute atomic E-state index is 0.201. The Morgan fingerprint density at radius 2 is 1.73 bits per heavy atom. The average molecular weight is 298 g/mol. The molecule has 1 atom stereocenters. The maximum absolute atomic E-state index is 9.97. The molecule has 0 bridgehead atoms. The molecule has 22 heavy (non-hydrogen) atoms. The summed E-state index contributed by atoms with van der Waals surface area (Å²) in [5, 5.41) is 9.97. The van der Waals surface area contributed by atoms with Crippen LogP contribution in [0.4, 0.5) is 0 Å². The van der Waals surface area contributed by atoms with E-state index in [0.29, 0.717) is 5.75 Å². The van der Waals surface area contributed by atoms with Crippen molar-refractivity contribution < 1.29 is 14.4 Å². The van der Waals surface area contributed by atoms with E-state index in [-0.39, 0.29) is 24.2 Å². The predicted octanol–water partition coefficient (Wildman–Crippen LogP) is 3.99. The van der Waals surface area contributed by atoms with Crippen LogP contribution in [0.5, 0.6) is 5.75 Å². The number of phenolic OH excluding ortho intramolecular Hbond substituents is 1. The van der Waals surface area contributed by atoms with E-state index >= 15 is 0 Å². The Balaban J connectivity index is 1.74. The molecule has 1 N–H and O–H groups in total. The molecule has 2 aliphatic rings. The van der Waals surface area contributed by atoms with Gasteiger partial charge >= 0.3 is 7.12 Å². The van der Waals surface area contributed by atoms with E-state index in [4.69, 9.17) is 9.31 Å². The highest BCUT2D eigenvalue weighted by Gasteiger charge is 2.52. The Hall–Kier alpha value is -1.52. The summed E-state index contributed by atoms with van der Waals surface area (Å²) in [5.74, 6) is 0.553. The highest BCUT2D eigenvalue weighted by atomic mass is 16.7. The van der Waals surface area contributed by atoms with Crippen LogP contribution in [0.2, 0.25) is 0 Å². The number of hydrogen-bond donors (Lipinski definition) is 1. The van der Waals surface area contributed by atoms with Crippen molar-refractivity contribution in [2.75, 3.05) is 0 Å². The first-order valence-electron chi connectivity index (χ1n) is 7.82. The maximum Gasteiger partial charge on any atom is 0.494 e. The number of para-hydroxylation sites is 1. The lowest BCUT2D eigenvalue weighted by Crippen LogP contribution is -2.41. The molecule has 1 aliphatic carbocycles. The number of phenols is 1. The zero-order chi connectivity index (χ0) is 16.0. The van der Waals surface area contributed by atoms with E-state index in [1.807, 2.05) is 18.2 Å². The lowest BCUT2D eigenvalue weighted by Gasteiger charge is -2.32. The molecule has 116 valence electrons. The molecular weight excluding hydrogens is 275 g/mol. The van der Waals surface area contributed by atoms with Crippen LogP contribution in [0, 0.1) is 0 Å². The molecule has 0 saturated carbocycles. The molecule has 4 heteroatoms. The third-order valence-corrected chi connectivity index (χ3v) is 4.99. The Morgan fingerprint density at radius 1 is 1.09 bits per heavy atom. The molecule has 1 saturated heterocycles. The van der Waals surface area contributed by atoms with E-state index in [2.05, 4.69) is 45.9 Å². The van der Waals surface area contributed by atoms with Gasteiger partial charge in [-0.3, -0.25) is 0 Å². The Kier molecular flexibility index (Phi) is 3.70. The number of aromatic hydroxyl groups is 1. The van der Waals surface area contributed by atoms with Gasteiger partial charge in [0.25, 0.3) is 0 Å². The van der Waals surface area contributed by atoms with Gasteiger partial charge in [0.2, 0.25) is 0 Å². The van der Waals surface area contributed by atoms with Gasteiger partial charge in [-0.05, 0) is 45.7 Å². The minimum atomic E-state index is -0.319. The number of hydrogen-bond acceptors (Lipinski definition) is 3. The van der Waals surface area contributed by atoms with Crippen LogP contribution in [0.25, 0.3) is 0 Å². The van der Waals surface area contributed by atoms with Crippen LogP contribution in [0.15, 0.2) is 48.0 Å². The minimum Gasteiger partial charge on any atom is -0.508 e. The van der Waals surface area contributed by atoms with E-state index in [1.54, 1.807) is 6.07 Å². The second-order valence-electron chi connectivity index (χ2n) is 7.05. The molecule has 1 aliphatic heterocycles. The SMILES string of the molecule is CC1(C)OB(C2=CCC(c3ccccc3O)C=C2)OC1(C)C. The van der Waals surface area contributed by atoms with Gasteiger partial charge in [0.05, 0.1) is 11.2 Å². The van der Waals surface area contributed by atoms with E-state index < -0.39 is 0 Å². The van der Waals surface area contributed by atoms with Crippen molar-refractivity contribution in [3.05, 3.63) is 53.5 Å². The molecular formula is C18H23BO3. The monoisotopic (exact) mass is 298 g/mol. The zero-order valence-electron chi connectivity index (χ0n) is 13.7. The fourth-order valence-electron chi connectivity index (χ4n) is 2.82. The molecule has 0 amide bonds. The first kappa shape index (κ1) is 15.4. The topological polar surface area (TPSA) is 38.7 Å². The van der Waals surface area contributed by atoms with E-state index in [9.17, 15) is 5.11 Å². The first-order valence-corrected chi connectivity index (χ1v) is 7.82. The Morgan fingerprint density at radius 3 is 2.27 bits per heavy atom. The molecule has 1 fully saturated rings. The van der Waals surface area contributed by atoms with Gasteiger partial charge in [0.1, 0.15) is 5.75 Å². The van der Waals surface area contributed by atoms with Crippen molar-refractivity contribution in [2.45, 2.75) is 51.2 Å². The van der Waals surface area contributed by atoms with Crippen LogP contribution in [-0.4, -0.2) is 23.4 Å². The van der Waals surface area contributed by atoms with Crippen LogP contribution in [-0.2, 0) is 9.31 Å². The summed E-state index contributed by atoms with van der Waals surface area (Å²) in [6, 6.07) is 7.50. The predicted molar refractivity (Wildman–Crippen MR) is 88.8 cm³/mol. The van der Waals surface area contributed by atoms with Gasteiger partial charge < -0.3 is 14.4 Å². The van der Waals surface area contributed by atoms with Crippen molar-refractivity contribution >= 4 is 7.12 Å². The highest BCUT2D eigenvalue weighted by Crippen LogP contribution is 2.40. The maximum atomic E-state index is 9.97. The van der Waals surface area contributed by atoms with Gasteiger partial charge in [-0.25, -0.2) is 0 Å². The van der Waals surface area contributed by atoms with Crippen LogP contribution >= 0.6 is 0 Å². The van der Waals surface area contributed by atoms with E-state index in [0.717, 1.165) is 17.5 Å². The van der Waals surface area contributed by atoms with Crippen molar-refractivity contribution in [1.29, 1.82) is 0 Å². The molecule has 1 aromatic rings. The second-order valence-corrected chi connectivity index (χ2v) is 7.05. The van der Waals surface area contributed by atoms with Gasteiger partial charge in [-0.15, -0.1) is 0 Å². The van der Waals surface area contributed by atoms with Crippen molar-refractivity contribution in [1.82, 2.24) is 0 Å². The summed E-state index contributed by atoms with van der Waals surface area (Å²) in [6.45, 7) is 8.24. The van der Waals surface area contributed by atoms with Crippen LogP contribution < -0.4 is 0 Å². The van der Waals surface area contributed by atoms with Crippen molar-refractivity contribution in [3.63, 3.8) is 0 Å². The lowest BCUT2D eigenvalue weighted by molar-refractivity contribution is 0.00578. The smallest absolute Gasteiger partial charge is 0.494 e. The standard InChI is InChI=1S/C18H23BO3/c1-17(2)18(3,4)22-19(21-17)14-11-9-13(10-12-14)15-7-5-6-8-16(15)20/h5-9,11-13,20H,10H2,1-4H3. The normalized spacial score (nSPS) is 26.1. The molecule has 3 nitrogen and oxygen atoms in total. The Bertz CT molecular complexity index is 615. The second kappa shape index (κ2) is 5.29. The fraction of sp³-hybridized carbons (Fsp3) is 0.444. The van der Waals surface area contributed by atoms with Crippen LogP contribution in [0.3, 0.4) is 0 Å². The van der Waals surface area contributed by atoms with Crippen LogP contribution in [0.1, 0.15) is 45.6 Å². The molecule has 0 spiro atoms. The summed E-state index contributed by atoms with van der Waals surface area (Å²) in [5.41, 5.74) is 1.38. The number of rotatable bonds is 2. The fourth-order valence-corrected chi connectivity index (χ4v) is 2.82. The molecule has 3 rings (SSSR count). The summed E-state index contributed by atoms with van der Waals surface area (Å²) in [7, 11) is -0.313. The van der Waals surface area contributed by atoms with Crippen molar-refractivity contribution in [2.24, 2.45) is 0 Å². The molecule has 1 aromatic carbocycles. The summed E-state index contributed by atoms with van der Waals surface area (Å²) < 4.78 is 12.2. The van der Waals surface area contributed by atoms with Gasteiger partial charge in [0, 0.05) is 11.5 Å². The highest BCUT2D eigenvalue weighted by molar-refractivity contribution is 6.55. The van der Waals surface area contributed by atoms with Gasteiger partial charge in [0.15, 0.2) is 0 Å². The number of allylic oxidation sites excluding steroid dienone is 4. The Labute approximate surface area is 132 Å². The quantitative estimate of drug-likeness (QED) is 0.839. The third kappa shape index (κ3) is 2.62. The third-order valence-electron chi connectivity index (χ3n) is 4.99. The molecule has 0 aromatic heterocycles. The summed E-state index contributed by atoms with van der Waals surface area (Å²) >= 11 is 0. The lowest BCUT2D eigenvalue weighted by atomic mass is 9.73. The molecule has 0 radical (unpaired) electrons. The molecule has 1 unspecified atom stereocenters. The number of benzene rings is 1.